The second-order valence-electron chi connectivity index (χ2n) is 5.30. The third-order valence-electron chi connectivity index (χ3n) is 3.78. The van der Waals surface area contributed by atoms with E-state index in [1.54, 1.807) is 42.9 Å². The molecule has 0 amide bonds. The molecule has 2 heterocycles. The van der Waals surface area contributed by atoms with E-state index in [9.17, 15) is 14.0 Å². The van der Waals surface area contributed by atoms with Crippen LogP contribution in [-0.4, -0.2) is 18.7 Å². The maximum Gasteiger partial charge on any atom is 0.332 e. The highest BCUT2D eigenvalue weighted by Crippen LogP contribution is 2.13. The van der Waals surface area contributed by atoms with Crippen LogP contribution in [0.2, 0.25) is 0 Å². The van der Waals surface area contributed by atoms with E-state index in [1.165, 1.54) is 23.7 Å². The Morgan fingerprint density at radius 1 is 1.04 bits per heavy atom. The van der Waals surface area contributed by atoms with E-state index < -0.39 is 11.2 Å². The number of fused-ring (bicyclic) bond motifs is 1. The monoisotopic (exact) mass is 314 g/mol. The van der Waals surface area contributed by atoms with E-state index in [2.05, 4.69) is 4.98 Å². The van der Waals surface area contributed by atoms with Crippen molar-refractivity contribution in [1.29, 1.82) is 0 Å². The van der Waals surface area contributed by atoms with Crippen molar-refractivity contribution in [3.05, 3.63) is 62.3 Å². The van der Waals surface area contributed by atoms with E-state index in [4.69, 9.17) is 0 Å². The molecule has 0 fully saturated rings. The molecule has 1 aromatic carbocycles. The molecule has 6 nitrogen and oxygen atoms in total. The second-order valence-corrected chi connectivity index (χ2v) is 5.30. The van der Waals surface area contributed by atoms with Crippen LogP contribution in [0.1, 0.15) is 11.4 Å². The molecule has 118 valence electrons. The average molecular weight is 314 g/mol. The number of hydrogen-bond donors (Lipinski definition) is 0. The van der Waals surface area contributed by atoms with Gasteiger partial charge >= 0.3 is 5.69 Å². The topological polar surface area (TPSA) is 61.8 Å². The fraction of sp³-hybridized carbons (Fsp3) is 0.188. The molecule has 7 heteroatoms. The lowest BCUT2D eigenvalue weighted by Crippen LogP contribution is -2.37. The fourth-order valence-electron chi connectivity index (χ4n) is 2.47. The molecule has 0 saturated carbocycles. The second kappa shape index (κ2) is 5.35. The van der Waals surface area contributed by atoms with Gasteiger partial charge in [-0.1, -0.05) is 18.2 Å². The van der Waals surface area contributed by atoms with Crippen LogP contribution in [0.4, 0.5) is 4.39 Å². The Bertz CT molecular complexity index is 1060. The fourth-order valence-corrected chi connectivity index (χ4v) is 2.47. The van der Waals surface area contributed by atoms with E-state index in [0.717, 1.165) is 4.57 Å². The molecule has 0 saturated heterocycles. The molecule has 0 aliphatic carbocycles. The first-order chi connectivity index (χ1) is 10.9. The highest BCUT2D eigenvalue weighted by molar-refractivity contribution is 5.76. The van der Waals surface area contributed by atoms with Gasteiger partial charge in [-0.15, -0.1) is 0 Å². The van der Waals surface area contributed by atoms with Gasteiger partial charge in [0, 0.05) is 21.1 Å². The number of halogens is 1. The molecule has 0 bridgehead atoms. The Kier molecular flexibility index (Phi) is 3.48. The minimum atomic E-state index is -0.429. The van der Waals surface area contributed by atoms with Gasteiger partial charge in [-0.05, 0) is 23.8 Å². The molecule has 3 aromatic rings. The van der Waals surface area contributed by atoms with Crippen molar-refractivity contribution >= 4 is 23.3 Å². The summed E-state index contributed by atoms with van der Waals surface area (Å²) in [6.45, 7) is 0. The van der Waals surface area contributed by atoms with E-state index >= 15 is 0 Å². The molecular formula is C16H15FN4O2. The lowest BCUT2D eigenvalue weighted by atomic mass is 10.2. The molecular weight excluding hydrogens is 299 g/mol. The molecule has 3 rings (SSSR count). The molecule has 0 radical (unpaired) electrons. The Labute approximate surface area is 130 Å². The predicted octanol–water partition coefficient (Wildman–Crippen LogP) is 1.28. The van der Waals surface area contributed by atoms with Crippen LogP contribution in [-0.2, 0) is 21.1 Å². The van der Waals surface area contributed by atoms with Gasteiger partial charge in [0.1, 0.15) is 11.6 Å². The molecule has 0 spiro atoms. The Hall–Kier alpha value is -2.96. The van der Waals surface area contributed by atoms with Crippen LogP contribution in [0, 0.1) is 5.82 Å². The predicted molar refractivity (Wildman–Crippen MR) is 86.5 cm³/mol. The summed E-state index contributed by atoms with van der Waals surface area (Å²) in [5.74, 6) is 0.177. The van der Waals surface area contributed by atoms with Crippen LogP contribution in [0.15, 0.2) is 33.9 Å². The van der Waals surface area contributed by atoms with Gasteiger partial charge in [0.25, 0.3) is 5.56 Å². The number of imidazole rings is 1. The van der Waals surface area contributed by atoms with Crippen LogP contribution < -0.4 is 11.2 Å². The van der Waals surface area contributed by atoms with E-state index in [0.29, 0.717) is 22.6 Å². The first-order valence-corrected chi connectivity index (χ1v) is 6.96. The zero-order valence-electron chi connectivity index (χ0n) is 12.9. The number of nitrogens with zero attached hydrogens (tertiary/aromatic N) is 4. The number of aromatic nitrogens is 4. The van der Waals surface area contributed by atoms with Crippen LogP contribution in [0.3, 0.4) is 0 Å². The van der Waals surface area contributed by atoms with Crippen LogP contribution >= 0.6 is 0 Å². The number of hydrogen-bond acceptors (Lipinski definition) is 3. The Balaban J connectivity index is 2.19. The van der Waals surface area contributed by atoms with Gasteiger partial charge in [0.2, 0.25) is 0 Å². The maximum absolute atomic E-state index is 13.2. The molecule has 0 aliphatic heterocycles. The van der Waals surface area contributed by atoms with Crippen molar-refractivity contribution < 1.29 is 4.39 Å². The largest absolute Gasteiger partial charge is 0.332 e. The van der Waals surface area contributed by atoms with Gasteiger partial charge in [-0.2, -0.15) is 0 Å². The molecule has 23 heavy (non-hydrogen) atoms. The third kappa shape index (κ3) is 2.40. The summed E-state index contributed by atoms with van der Waals surface area (Å²) in [7, 11) is 4.70. The van der Waals surface area contributed by atoms with Crippen LogP contribution in [0.5, 0.6) is 0 Å². The number of aryl methyl sites for hydroxylation is 2. The third-order valence-corrected chi connectivity index (χ3v) is 3.78. The summed E-state index contributed by atoms with van der Waals surface area (Å²) in [4.78, 5) is 28.6. The van der Waals surface area contributed by atoms with Crippen molar-refractivity contribution in [2.24, 2.45) is 21.1 Å². The van der Waals surface area contributed by atoms with E-state index in [-0.39, 0.29) is 5.82 Å². The first kappa shape index (κ1) is 15.0. The zero-order valence-corrected chi connectivity index (χ0v) is 12.9. The van der Waals surface area contributed by atoms with E-state index in [1.807, 2.05) is 0 Å². The van der Waals surface area contributed by atoms with Gasteiger partial charge in [-0.3, -0.25) is 13.9 Å². The SMILES string of the molecule is Cn1c(=O)c2c(nc(/C=C/c3cccc(F)c3)n2C)n(C)c1=O. The molecule has 2 aromatic heterocycles. The molecule has 0 atom stereocenters. The van der Waals surface area contributed by atoms with Gasteiger partial charge < -0.3 is 4.57 Å². The number of benzene rings is 1. The quantitative estimate of drug-likeness (QED) is 0.716. The van der Waals surface area contributed by atoms with Gasteiger partial charge in [0.05, 0.1) is 0 Å². The Morgan fingerprint density at radius 2 is 1.78 bits per heavy atom. The van der Waals surface area contributed by atoms with Gasteiger partial charge in [-0.25, -0.2) is 14.2 Å². The standard InChI is InChI=1S/C16H15FN4O2/c1-19-12(8-7-10-5-4-6-11(17)9-10)18-14-13(19)15(22)21(3)16(23)20(14)2/h4-9H,1-3H3/b8-7+. The van der Waals surface area contributed by atoms with Crippen molar-refractivity contribution in [3.8, 4) is 0 Å². The average Bonchev–Trinajstić information content (AvgIpc) is 2.86. The van der Waals surface area contributed by atoms with Gasteiger partial charge in [0.15, 0.2) is 11.2 Å². The van der Waals surface area contributed by atoms with Crippen molar-refractivity contribution in [1.82, 2.24) is 18.7 Å². The summed E-state index contributed by atoms with van der Waals surface area (Å²) in [6, 6.07) is 6.14. The number of rotatable bonds is 2. The Morgan fingerprint density at radius 3 is 2.48 bits per heavy atom. The normalized spacial score (nSPS) is 11.7. The summed E-state index contributed by atoms with van der Waals surface area (Å²) in [5, 5.41) is 0. The highest BCUT2D eigenvalue weighted by Gasteiger charge is 2.15. The zero-order chi connectivity index (χ0) is 16.7. The summed E-state index contributed by atoms with van der Waals surface area (Å²) < 4.78 is 17.2. The summed E-state index contributed by atoms with van der Waals surface area (Å²) in [5.41, 5.74) is 0.511. The molecule has 0 unspecified atom stereocenters. The minimum Gasteiger partial charge on any atom is -0.322 e. The maximum atomic E-state index is 13.2. The lowest BCUT2D eigenvalue weighted by molar-refractivity contribution is 0.627. The van der Waals surface area contributed by atoms with Crippen molar-refractivity contribution in [2.45, 2.75) is 0 Å². The summed E-state index contributed by atoms with van der Waals surface area (Å²) >= 11 is 0. The molecule has 0 aliphatic rings. The van der Waals surface area contributed by atoms with Crippen molar-refractivity contribution in [2.75, 3.05) is 0 Å². The first-order valence-electron chi connectivity index (χ1n) is 6.96. The lowest BCUT2D eigenvalue weighted by Gasteiger charge is -2.03. The highest BCUT2D eigenvalue weighted by atomic mass is 19.1. The minimum absolute atomic E-state index is 0.319. The smallest absolute Gasteiger partial charge is 0.322 e. The van der Waals surface area contributed by atoms with Crippen LogP contribution in [0.25, 0.3) is 23.3 Å². The molecule has 0 N–H and O–H groups in total. The summed E-state index contributed by atoms with van der Waals surface area (Å²) in [6.07, 6.45) is 3.38. The van der Waals surface area contributed by atoms with Crippen molar-refractivity contribution in [3.63, 3.8) is 0 Å².